The molecule has 0 bridgehead atoms. The van der Waals surface area contributed by atoms with Crippen molar-refractivity contribution in [3.63, 3.8) is 0 Å². The normalized spacial score (nSPS) is 14.1. The van der Waals surface area contributed by atoms with Crippen LogP contribution >= 0.6 is 0 Å². The number of aromatic nitrogens is 1. The maximum Gasteiger partial charge on any atom is 0.255 e. The van der Waals surface area contributed by atoms with E-state index < -0.39 is 0 Å². The maximum absolute atomic E-state index is 12.8. The second kappa shape index (κ2) is 8.27. The van der Waals surface area contributed by atoms with Gasteiger partial charge in [0.1, 0.15) is 11.6 Å². The Bertz CT molecular complexity index is 984. The third-order valence-electron chi connectivity index (χ3n) is 4.91. The summed E-state index contributed by atoms with van der Waals surface area (Å²) in [7, 11) is 1.66. The first-order chi connectivity index (χ1) is 13.7. The molecule has 6 nitrogen and oxygen atoms in total. The Labute approximate surface area is 164 Å². The molecule has 0 unspecified atom stereocenters. The maximum atomic E-state index is 12.8. The van der Waals surface area contributed by atoms with Crippen LogP contribution in [0.2, 0.25) is 0 Å². The number of benzene rings is 2. The lowest BCUT2D eigenvalue weighted by Crippen LogP contribution is -2.38. The highest BCUT2D eigenvalue weighted by atomic mass is 16.5. The number of amides is 1. The second-order valence-electron chi connectivity index (χ2n) is 6.70. The van der Waals surface area contributed by atoms with E-state index in [1.54, 1.807) is 19.4 Å². The number of fused-ring (bicyclic) bond motifs is 1. The first kappa shape index (κ1) is 18.3. The van der Waals surface area contributed by atoms with Crippen molar-refractivity contribution >= 4 is 22.5 Å². The Morgan fingerprint density at radius 2 is 1.93 bits per heavy atom. The Morgan fingerprint density at radius 1 is 1.14 bits per heavy atom. The predicted octanol–water partition coefficient (Wildman–Crippen LogP) is 3.01. The number of hydrogen-bond acceptors (Lipinski definition) is 5. The molecule has 1 fully saturated rings. The topological polar surface area (TPSA) is 63.7 Å². The number of nitrogens with one attached hydrogen (secondary N) is 1. The molecule has 0 radical (unpaired) electrons. The van der Waals surface area contributed by atoms with Gasteiger partial charge in [0.05, 0.1) is 25.9 Å². The number of ether oxygens (including phenoxy) is 2. The number of pyridine rings is 1. The molecule has 1 N–H and O–H groups in total. The first-order valence-corrected chi connectivity index (χ1v) is 9.37. The molecule has 28 heavy (non-hydrogen) atoms. The summed E-state index contributed by atoms with van der Waals surface area (Å²) in [5.41, 5.74) is 1.64. The van der Waals surface area contributed by atoms with Crippen molar-refractivity contribution in [2.45, 2.75) is 6.54 Å². The van der Waals surface area contributed by atoms with Crippen molar-refractivity contribution in [3.05, 3.63) is 65.9 Å². The largest absolute Gasteiger partial charge is 0.497 e. The second-order valence-corrected chi connectivity index (χ2v) is 6.70. The van der Waals surface area contributed by atoms with Crippen LogP contribution in [-0.4, -0.2) is 44.3 Å². The Morgan fingerprint density at radius 3 is 2.75 bits per heavy atom. The SMILES string of the molecule is COc1ccc2cc(CNC(=O)c3cccnc3N3CCOCC3)ccc2c1. The lowest BCUT2D eigenvalue weighted by atomic mass is 10.1. The molecular formula is C22H23N3O3. The summed E-state index contributed by atoms with van der Waals surface area (Å²) in [6.07, 6.45) is 1.72. The lowest BCUT2D eigenvalue weighted by molar-refractivity contribution is 0.0949. The first-order valence-electron chi connectivity index (χ1n) is 9.37. The van der Waals surface area contributed by atoms with E-state index in [2.05, 4.69) is 21.3 Å². The van der Waals surface area contributed by atoms with Crippen LogP contribution in [0.25, 0.3) is 10.8 Å². The summed E-state index contributed by atoms with van der Waals surface area (Å²) < 4.78 is 10.7. The molecule has 1 aliphatic rings. The van der Waals surface area contributed by atoms with Gasteiger partial charge in [-0.15, -0.1) is 0 Å². The molecule has 144 valence electrons. The van der Waals surface area contributed by atoms with Crippen molar-refractivity contribution in [3.8, 4) is 5.75 Å². The molecule has 1 saturated heterocycles. The van der Waals surface area contributed by atoms with E-state index in [0.717, 1.165) is 35.2 Å². The van der Waals surface area contributed by atoms with Gasteiger partial charge in [-0.1, -0.05) is 18.2 Å². The summed E-state index contributed by atoms with van der Waals surface area (Å²) in [6.45, 7) is 3.24. The highest BCUT2D eigenvalue weighted by molar-refractivity contribution is 5.99. The fourth-order valence-corrected chi connectivity index (χ4v) is 3.39. The zero-order valence-electron chi connectivity index (χ0n) is 15.9. The van der Waals surface area contributed by atoms with Gasteiger partial charge in [-0.25, -0.2) is 4.98 Å². The molecular weight excluding hydrogens is 354 g/mol. The number of nitrogens with zero attached hydrogens (tertiary/aromatic N) is 2. The third kappa shape index (κ3) is 3.92. The van der Waals surface area contributed by atoms with Crippen molar-refractivity contribution in [2.75, 3.05) is 38.3 Å². The van der Waals surface area contributed by atoms with Crippen LogP contribution in [0, 0.1) is 0 Å². The van der Waals surface area contributed by atoms with Crippen molar-refractivity contribution < 1.29 is 14.3 Å². The van der Waals surface area contributed by atoms with Gasteiger partial charge < -0.3 is 19.7 Å². The summed E-state index contributed by atoms with van der Waals surface area (Å²) in [5, 5.41) is 5.24. The van der Waals surface area contributed by atoms with Gasteiger partial charge in [-0.3, -0.25) is 4.79 Å². The van der Waals surface area contributed by atoms with Crippen LogP contribution < -0.4 is 15.0 Å². The molecule has 2 heterocycles. The minimum atomic E-state index is -0.121. The van der Waals surface area contributed by atoms with Crippen LogP contribution in [0.4, 0.5) is 5.82 Å². The molecule has 6 heteroatoms. The summed E-state index contributed by atoms with van der Waals surface area (Å²) in [6, 6.07) is 15.7. The van der Waals surface area contributed by atoms with E-state index in [0.29, 0.717) is 31.1 Å². The number of carbonyl (C=O) groups excluding carboxylic acids is 1. The van der Waals surface area contributed by atoms with E-state index in [1.165, 1.54) is 0 Å². The van der Waals surface area contributed by atoms with Crippen LogP contribution in [0.3, 0.4) is 0 Å². The molecule has 0 saturated carbocycles. The van der Waals surface area contributed by atoms with Gasteiger partial charge in [0.25, 0.3) is 5.91 Å². The molecule has 1 aliphatic heterocycles. The monoisotopic (exact) mass is 377 g/mol. The van der Waals surface area contributed by atoms with Gasteiger partial charge >= 0.3 is 0 Å². The quantitative estimate of drug-likeness (QED) is 0.741. The molecule has 1 amide bonds. The lowest BCUT2D eigenvalue weighted by Gasteiger charge is -2.29. The number of anilines is 1. The van der Waals surface area contributed by atoms with E-state index >= 15 is 0 Å². The number of hydrogen-bond donors (Lipinski definition) is 1. The highest BCUT2D eigenvalue weighted by Crippen LogP contribution is 2.22. The van der Waals surface area contributed by atoms with Crippen LogP contribution in [-0.2, 0) is 11.3 Å². The highest BCUT2D eigenvalue weighted by Gasteiger charge is 2.19. The minimum Gasteiger partial charge on any atom is -0.497 e. The Balaban J connectivity index is 1.48. The Hall–Kier alpha value is -3.12. The summed E-state index contributed by atoms with van der Waals surface area (Å²) in [5.74, 6) is 1.43. The molecule has 0 aliphatic carbocycles. The van der Waals surface area contributed by atoms with Crippen LogP contribution in [0.5, 0.6) is 5.75 Å². The molecule has 0 atom stereocenters. The van der Waals surface area contributed by atoms with Crippen molar-refractivity contribution in [1.82, 2.24) is 10.3 Å². The van der Waals surface area contributed by atoms with E-state index in [4.69, 9.17) is 9.47 Å². The zero-order chi connectivity index (χ0) is 19.3. The molecule has 3 aromatic rings. The van der Waals surface area contributed by atoms with Crippen LogP contribution in [0.1, 0.15) is 15.9 Å². The van der Waals surface area contributed by atoms with Gasteiger partial charge in [-0.05, 0) is 46.7 Å². The van der Waals surface area contributed by atoms with E-state index in [1.807, 2.05) is 36.4 Å². The van der Waals surface area contributed by atoms with Crippen molar-refractivity contribution in [1.29, 1.82) is 0 Å². The van der Waals surface area contributed by atoms with Gasteiger partial charge in [0, 0.05) is 25.8 Å². The predicted molar refractivity (Wildman–Crippen MR) is 109 cm³/mol. The molecule has 0 spiro atoms. The molecule has 1 aromatic heterocycles. The number of morpholine rings is 1. The zero-order valence-corrected chi connectivity index (χ0v) is 15.9. The number of methoxy groups -OCH3 is 1. The fourth-order valence-electron chi connectivity index (χ4n) is 3.39. The van der Waals surface area contributed by atoms with Gasteiger partial charge in [0.2, 0.25) is 0 Å². The number of carbonyl (C=O) groups is 1. The average Bonchev–Trinajstić information content (AvgIpc) is 2.77. The molecule has 4 rings (SSSR count). The van der Waals surface area contributed by atoms with E-state index in [-0.39, 0.29) is 5.91 Å². The van der Waals surface area contributed by atoms with E-state index in [9.17, 15) is 4.79 Å². The van der Waals surface area contributed by atoms with Gasteiger partial charge in [0.15, 0.2) is 0 Å². The van der Waals surface area contributed by atoms with Crippen LogP contribution in [0.15, 0.2) is 54.7 Å². The summed E-state index contributed by atoms with van der Waals surface area (Å²) >= 11 is 0. The van der Waals surface area contributed by atoms with Gasteiger partial charge in [-0.2, -0.15) is 0 Å². The average molecular weight is 377 g/mol. The fraction of sp³-hybridized carbons (Fsp3) is 0.273. The standard InChI is InChI=1S/C22H23N3O3/c1-27-19-7-6-17-13-16(4-5-18(17)14-19)15-24-22(26)20-3-2-8-23-21(20)25-9-11-28-12-10-25/h2-8,13-14H,9-12,15H2,1H3,(H,24,26). The molecule has 2 aromatic carbocycles. The minimum absolute atomic E-state index is 0.121. The van der Waals surface area contributed by atoms with Crippen molar-refractivity contribution in [2.24, 2.45) is 0 Å². The third-order valence-corrected chi connectivity index (χ3v) is 4.91. The summed E-state index contributed by atoms with van der Waals surface area (Å²) in [4.78, 5) is 19.3. The number of rotatable bonds is 5. The smallest absolute Gasteiger partial charge is 0.255 e. The Kier molecular flexibility index (Phi) is 5.39.